The number of non-ortho nitro benzene ring substituents is 1. The van der Waals surface area contributed by atoms with Gasteiger partial charge in [0.05, 0.1) is 12.0 Å². The van der Waals surface area contributed by atoms with Gasteiger partial charge in [-0.15, -0.1) is 0 Å². The molecule has 0 aromatic heterocycles. The van der Waals surface area contributed by atoms with E-state index in [1.807, 2.05) is 24.3 Å². The Labute approximate surface area is 172 Å². The molecule has 0 saturated carbocycles. The Morgan fingerprint density at radius 1 is 1.07 bits per heavy atom. The zero-order chi connectivity index (χ0) is 21.9. The second-order valence-electron chi connectivity index (χ2n) is 6.06. The quantitative estimate of drug-likeness (QED) is 0.338. The number of rotatable bonds is 10. The molecule has 0 aliphatic rings. The van der Waals surface area contributed by atoms with Crippen LogP contribution in [-0.2, 0) is 20.7 Å². The van der Waals surface area contributed by atoms with Crippen LogP contribution in [0.15, 0.2) is 48.5 Å². The fraction of sp³-hybridized carbons (Fsp3) is 0.250. The third kappa shape index (κ3) is 6.89. The molecular weight excluding hydrogens is 394 g/mol. The van der Waals surface area contributed by atoms with Crippen molar-refractivity contribution in [3.05, 3.63) is 69.8 Å². The van der Waals surface area contributed by atoms with Crippen molar-refractivity contribution in [3.8, 4) is 5.75 Å². The summed E-state index contributed by atoms with van der Waals surface area (Å²) in [5.74, 6) is -1.24. The third-order valence-corrected chi connectivity index (χ3v) is 3.99. The number of nitrogens with one attached hydrogen (secondary N) is 2. The smallest absolute Gasteiger partial charge is 0.325 e. The molecule has 0 unspecified atom stereocenters. The van der Waals surface area contributed by atoms with Crippen molar-refractivity contribution in [1.29, 1.82) is 0 Å². The second kappa shape index (κ2) is 11.1. The monoisotopic (exact) mass is 415 g/mol. The Bertz CT molecular complexity index is 930. The van der Waals surface area contributed by atoms with E-state index in [1.54, 1.807) is 7.11 Å². The highest BCUT2D eigenvalue weighted by Gasteiger charge is 2.14. The molecule has 0 bridgehead atoms. The van der Waals surface area contributed by atoms with Crippen molar-refractivity contribution in [2.75, 3.05) is 26.8 Å². The van der Waals surface area contributed by atoms with E-state index in [2.05, 4.69) is 10.6 Å². The van der Waals surface area contributed by atoms with E-state index in [4.69, 9.17) is 9.47 Å². The van der Waals surface area contributed by atoms with Crippen LogP contribution in [0.4, 0.5) is 5.69 Å². The van der Waals surface area contributed by atoms with E-state index < -0.39 is 35.9 Å². The van der Waals surface area contributed by atoms with Gasteiger partial charge in [0.2, 0.25) is 0 Å². The first-order valence-electron chi connectivity index (χ1n) is 8.97. The predicted octanol–water partition coefficient (Wildman–Crippen LogP) is 1.24. The fourth-order valence-electron chi connectivity index (χ4n) is 2.51. The molecule has 2 rings (SSSR count). The highest BCUT2D eigenvalue weighted by Crippen LogP contribution is 2.17. The summed E-state index contributed by atoms with van der Waals surface area (Å²) in [5.41, 5.74) is 0.724. The second-order valence-corrected chi connectivity index (χ2v) is 6.06. The lowest BCUT2D eigenvalue weighted by molar-refractivity contribution is -0.384. The molecule has 0 atom stereocenters. The maximum absolute atomic E-state index is 12.0. The summed E-state index contributed by atoms with van der Waals surface area (Å²) in [7, 11) is 1.56. The Morgan fingerprint density at radius 3 is 2.57 bits per heavy atom. The summed E-state index contributed by atoms with van der Waals surface area (Å²) in [6, 6.07) is 12.5. The maximum atomic E-state index is 12.0. The van der Waals surface area contributed by atoms with Crippen molar-refractivity contribution in [3.63, 3.8) is 0 Å². The maximum Gasteiger partial charge on any atom is 0.325 e. The number of nitro benzene ring substituents is 1. The first-order valence-corrected chi connectivity index (χ1v) is 8.97. The van der Waals surface area contributed by atoms with Gasteiger partial charge in [-0.25, -0.2) is 0 Å². The molecule has 10 nitrogen and oxygen atoms in total. The minimum absolute atomic E-state index is 0.0334. The van der Waals surface area contributed by atoms with Crippen molar-refractivity contribution in [2.45, 2.75) is 6.42 Å². The highest BCUT2D eigenvalue weighted by atomic mass is 16.6. The number of carbonyl (C=O) groups excluding carboxylic acids is 3. The standard InChI is InChI=1S/C20H21N3O7/c1-29-17-8-3-2-5-14(17)9-10-21-18(24)13-30-19(25)12-22-20(26)15-6-4-7-16(11-15)23(27)28/h2-8,11H,9-10,12-13H2,1H3,(H,21,24)(H,22,26). The van der Waals surface area contributed by atoms with E-state index in [-0.39, 0.29) is 11.3 Å². The summed E-state index contributed by atoms with van der Waals surface area (Å²) in [4.78, 5) is 45.5. The molecule has 0 spiro atoms. The third-order valence-electron chi connectivity index (χ3n) is 3.99. The Balaban J connectivity index is 1.69. The molecule has 2 aromatic rings. The number of para-hydroxylation sites is 1. The van der Waals surface area contributed by atoms with Crippen molar-refractivity contribution < 1.29 is 28.8 Å². The zero-order valence-corrected chi connectivity index (χ0v) is 16.3. The molecule has 30 heavy (non-hydrogen) atoms. The number of benzene rings is 2. The van der Waals surface area contributed by atoms with Crippen LogP contribution >= 0.6 is 0 Å². The number of hydrogen-bond acceptors (Lipinski definition) is 7. The molecule has 0 radical (unpaired) electrons. The van der Waals surface area contributed by atoms with Gasteiger partial charge in [0, 0.05) is 24.2 Å². The Morgan fingerprint density at radius 2 is 1.83 bits per heavy atom. The van der Waals surface area contributed by atoms with Gasteiger partial charge in [0.25, 0.3) is 17.5 Å². The summed E-state index contributed by atoms with van der Waals surface area (Å²) >= 11 is 0. The van der Waals surface area contributed by atoms with Gasteiger partial charge in [-0.05, 0) is 24.1 Å². The highest BCUT2D eigenvalue weighted by molar-refractivity contribution is 5.96. The van der Waals surface area contributed by atoms with Gasteiger partial charge in [-0.1, -0.05) is 24.3 Å². The zero-order valence-electron chi connectivity index (χ0n) is 16.3. The van der Waals surface area contributed by atoms with Gasteiger partial charge in [0.15, 0.2) is 6.61 Å². The van der Waals surface area contributed by atoms with Crippen molar-refractivity contribution in [2.24, 2.45) is 0 Å². The molecule has 0 aliphatic carbocycles. The van der Waals surface area contributed by atoms with E-state index in [9.17, 15) is 24.5 Å². The Kier molecular flexibility index (Phi) is 8.30. The summed E-state index contributed by atoms with van der Waals surface area (Å²) in [6.07, 6.45) is 0.545. The van der Waals surface area contributed by atoms with Crippen molar-refractivity contribution >= 4 is 23.5 Å². The van der Waals surface area contributed by atoms with Crippen LogP contribution in [0.1, 0.15) is 15.9 Å². The molecule has 10 heteroatoms. The van der Waals surface area contributed by atoms with Crippen LogP contribution in [0, 0.1) is 10.1 Å². The fourth-order valence-corrected chi connectivity index (χ4v) is 2.51. The number of carbonyl (C=O) groups is 3. The first-order chi connectivity index (χ1) is 14.4. The molecular formula is C20H21N3O7. The lowest BCUT2D eigenvalue weighted by Crippen LogP contribution is -2.34. The summed E-state index contributed by atoms with van der Waals surface area (Å²) < 4.78 is 10.0. The average molecular weight is 415 g/mol. The van der Waals surface area contributed by atoms with Crippen LogP contribution in [0.25, 0.3) is 0 Å². The van der Waals surface area contributed by atoms with E-state index >= 15 is 0 Å². The molecule has 0 aliphatic heterocycles. The number of esters is 1. The van der Waals surface area contributed by atoms with Gasteiger partial charge in [-0.3, -0.25) is 24.5 Å². The number of methoxy groups -OCH3 is 1. The topological polar surface area (TPSA) is 137 Å². The first kappa shape index (κ1) is 22.3. The molecule has 158 valence electrons. The molecule has 2 amide bonds. The lowest BCUT2D eigenvalue weighted by Gasteiger charge is -2.09. The minimum Gasteiger partial charge on any atom is -0.496 e. The lowest BCUT2D eigenvalue weighted by atomic mass is 10.1. The van der Waals surface area contributed by atoms with Gasteiger partial charge < -0.3 is 20.1 Å². The number of amides is 2. The summed E-state index contributed by atoms with van der Waals surface area (Å²) in [5, 5.41) is 15.6. The molecule has 0 saturated heterocycles. The average Bonchev–Trinajstić information content (AvgIpc) is 2.76. The molecule has 2 aromatic carbocycles. The van der Waals surface area contributed by atoms with Crippen LogP contribution < -0.4 is 15.4 Å². The van der Waals surface area contributed by atoms with Gasteiger partial charge in [-0.2, -0.15) is 0 Å². The van der Waals surface area contributed by atoms with Crippen LogP contribution in [-0.4, -0.2) is 49.5 Å². The molecule has 2 N–H and O–H groups in total. The molecule has 0 fully saturated rings. The number of hydrogen-bond donors (Lipinski definition) is 2. The van der Waals surface area contributed by atoms with Crippen LogP contribution in [0.5, 0.6) is 5.75 Å². The SMILES string of the molecule is COc1ccccc1CCNC(=O)COC(=O)CNC(=O)c1cccc([N+](=O)[O-])c1. The van der Waals surface area contributed by atoms with E-state index in [0.29, 0.717) is 13.0 Å². The largest absolute Gasteiger partial charge is 0.496 e. The van der Waals surface area contributed by atoms with E-state index in [0.717, 1.165) is 17.4 Å². The number of nitrogens with zero attached hydrogens (tertiary/aromatic N) is 1. The number of ether oxygens (including phenoxy) is 2. The van der Waals surface area contributed by atoms with Gasteiger partial charge in [0.1, 0.15) is 12.3 Å². The minimum atomic E-state index is -0.811. The summed E-state index contributed by atoms with van der Waals surface area (Å²) in [6.45, 7) is -0.631. The number of nitro groups is 1. The van der Waals surface area contributed by atoms with Crippen LogP contribution in [0.2, 0.25) is 0 Å². The van der Waals surface area contributed by atoms with Gasteiger partial charge >= 0.3 is 5.97 Å². The predicted molar refractivity (Wildman–Crippen MR) is 106 cm³/mol. The Hall–Kier alpha value is -3.95. The van der Waals surface area contributed by atoms with Crippen LogP contribution in [0.3, 0.4) is 0 Å². The van der Waals surface area contributed by atoms with E-state index in [1.165, 1.54) is 18.2 Å². The normalized spacial score (nSPS) is 10.0. The molecule has 0 heterocycles. The van der Waals surface area contributed by atoms with Crippen molar-refractivity contribution in [1.82, 2.24) is 10.6 Å².